The summed E-state index contributed by atoms with van der Waals surface area (Å²) in [5, 5.41) is 0. The maximum Gasteiger partial charge on any atom is 0.128 e. The zero-order valence-electron chi connectivity index (χ0n) is 9.61. The topological polar surface area (TPSA) is 0 Å². The fourth-order valence-electron chi connectivity index (χ4n) is 1.99. The summed E-state index contributed by atoms with van der Waals surface area (Å²) in [6.45, 7) is 5.68. The Morgan fingerprint density at radius 2 is 2.13 bits per heavy atom. The molecule has 0 saturated heterocycles. The zero-order chi connectivity index (χ0) is 11.4. The van der Waals surface area contributed by atoms with Gasteiger partial charge in [-0.05, 0) is 43.8 Å². The molecule has 0 aliphatic heterocycles. The third kappa shape index (κ3) is 3.01. The van der Waals surface area contributed by atoms with E-state index >= 15 is 0 Å². The molecule has 0 nitrogen and oxygen atoms in total. The summed E-state index contributed by atoms with van der Waals surface area (Å²) in [5.74, 6) is 0.140. The first-order chi connectivity index (χ1) is 7.08. The van der Waals surface area contributed by atoms with Gasteiger partial charge in [0.15, 0.2) is 0 Å². The van der Waals surface area contributed by atoms with Gasteiger partial charge < -0.3 is 0 Å². The molecule has 1 atom stereocenters. The van der Waals surface area contributed by atoms with Gasteiger partial charge in [0.05, 0.1) is 6.33 Å². The second kappa shape index (κ2) is 5.24. The Labute approximate surface area is 90.4 Å². The Kier molecular flexibility index (Phi) is 4.25. The molecule has 0 amide bonds. The van der Waals surface area contributed by atoms with Gasteiger partial charge >= 0.3 is 0 Å². The van der Waals surface area contributed by atoms with Gasteiger partial charge in [-0.2, -0.15) is 0 Å². The molecule has 1 unspecified atom stereocenters. The second-order valence-electron chi connectivity index (χ2n) is 4.28. The van der Waals surface area contributed by atoms with Crippen molar-refractivity contribution >= 4 is 0 Å². The molecule has 0 N–H and O–H groups in total. The van der Waals surface area contributed by atoms with Crippen LogP contribution in [0.4, 0.5) is 8.78 Å². The predicted octanol–water partition coefficient (Wildman–Crippen LogP) is 4.85. The summed E-state index contributed by atoms with van der Waals surface area (Å²) in [7, 11) is 0. The minimum Gasteiger partial charge on any atom is -0.215 e. The van der Waals surface area contributed by atoms with Crippen LogP contribution in [0.5, 0.6) is 0 Å². The first-order valence-electron chi connectivity index (χ1n) is 5.43. The van der Waals surface area contributed by atoms with Crippen molar-refractivity contribution in [3.05, 3.63) is 35.0 Å². The molecule has 84 valence electrons. The van der Waals surface area contributed by atoms with Crippen LogP contribution in [0.25, 0.3) is 0 Å². The maximum atomic E-state index is 13.4. The summed E-state index contributed by atoms with van der Waals surface area (Å²) in [5.41, 5.74) is 2.44. The number of allylic oxidation sites excluding steroid dienone is 5. The monoisotopic (exact) mass is 212 g/mol. The lowest BCUT2D eigenvalue weighted by atomic mass is 10.1. The van der Waals surface area contributed by atoms with E-state index in [2.05, 4.69) is 13.8 Å². The molecule has 0 aromatic rings. The Hall–Kier alpha value is -0.920. The largest absolute Gasteiger partial charge is 0.215 e. The minimum absolute atomic E-state index is 0.0671. The van der Waals surface area contributed by atoms with E-state index < -0.39 is 5.83 Å². The average Bonchev–Trinajstić information content (AvgIpc) is 2.57. The van der Waals surface area contributed by atoms with Crippen LogP contribution in [0.3, 0.4) is 0 Å². The van der Waals surface area contributed by atoms with E-state index in [-0.39, 0.29) is 5.57 Å². The van der Waals surface area contributed by atoms with E-state index in [1.807, 2.05) is 0 Å². The molecule has 0 aromatic carbocycles. The van der Waals surface area contributed by atoms with Crippen LogP contribution in [-0.2, 0) is 0 Å². The highest BCUT2D eigenvalue weighted by atomic mass is 19.1. The molecule has 0 fully saturated rings. The normalized spacial score (nSPS) is 23.9. The molecular formula is C13H18F2. The quantitative estimate of drug-likeness (QED) is 0.587. The van der Waals surface area contributed by atoms with E-state index in [1.54, 1.807) is 0 Å². The minimum atomic E-state index is -0.451. The van der Waals surface area contributed by atoms with Crippen LogP contribution in [0, 0.1) is 5.92 Å². The fourth-order valence-corrected chi connectivity index (χ4v) is 1.99. The van der Waals surface area contributed by atoms with Gasteiger partial charge in [0.1, 0.15) is 5.83 Å². The van der Waals surface area contributed by atoms with Crippen LogP contribution >= 0.6 is 0 Å². The van der Waals surface area contributed by atoms with E-state index in [4.69, 9.17) is 0 Å². The Morgan fingerprint density at radius 3 is 2.67 bits per heavy atom. The Balaban J connectivity index is 2.89. The van der Waals surface area contributed by atoms with Crippen molar-refractivity contribution in [3.63, 3.8) is 0 Å². The molecule has 0 radical (unpaired) electrons. The van der Waals surface area contributed by atoms with Crippen molar-refractivity contribution in [2.24, 2.45) is 5.92 Å². The lowest BCUT2D eigenvalue weighted by Crippen LogP contribution is -1.85. The van der Waals surface area contributed by atoms with Crippen molar-refractivity contribution in [1.82, 2.24) is 0 Å². The van der Waals surface area contributed by atoms with Crippen LogP contribution < -0.4 is 0 Å². The van der Waals surface area contributed by atoms with Crippen molar-refractivity contribution in [2.45, 2.75) is 40.0 Å². The van der Waals surface area contributed by atoms with Gasteiger partial charge in [-0.25, -0.2) is 8.78 Å². The fraction of sp³-hybridized carbons (Fsp3) is 0.538. The molecule has 2 heteroatoms. The highest BCUT2D eigenvalue weighted by Gasteiger charge is 2.18. The first kappa shape index (κ1) is 12.2. The third-order valence-corrected chi connectivity index (χ3v) is 2.89. The zero-order valence-corrected chi connectivity index (χ0v) is 9.61. The summed E-state index contributed by atoms with van der Waals surface area (Å²) < 4.78 is 25.5. The Morgan fingerprint density at radius 1 is 1.47 bits per heavy atom. The van der Waals surface area contributed by atoms with E-state index in [0.717, 1.165) is 24.8 Å². The van der Waals surface area contributed by atoms with Crippen molar-refractivity contribution in [1.29, 1.82) is 0 Å². The molecule has 0 aromatic heterocycles. The van der Waals surface area contributed by atoms with Crippen LogP contribution in [0.15, 0.2) is 35.0 Å². The number of hydrogen-bond acceptors (Lipinski definition) is 0. The van der Waals surface area contributed by atoms with Gasteiger partial charge in [-0.3, -0.25) is 0 Å². The molecule has 1 aliphatic rings. The molecule has 1 aliphatic carbocycles. The lowest BCUT2D eigenvalue weighted by molar-refractivity contribution is 0.612. The van der Waals surface area contributed by atoms with Crippen LogP contribution in [0.1, 0.15) is 40.0 Å². The molecule has 0 bridgehead atoms. The van der Waals surface area contributed by atoms with Crippen molar-refractivity contribution in [3.8, 4) is 0 Å². The van der Waals surface area contributed by atoms with E-state index in [9.17, 15) is 8.78 Å². The number of rotatable bonds is 3. The van der Waals surface area contributed by atoms with Gasteiger partial charge in [-0.1, -0.05) is 19.4 Å². The third-order valence-electron chi connectivity index (χ3n) is 2.89. The summed E-state index contributed by atoms with van der Waals surface area (Å²) in [6, 6.07) is 0. The first-order valence-corrected chi connectivity index (χ1v) is 5.43. The van der Waals surface area contributed by atoms with Crippen molar-refractivity contribution < 1.29 is 8.78 Å². The Bertz CT molecular complexity index is 321. The van der Waals surface area contributed by atoms with Gasteiger partial charge in [0.2, 0.25) is 0 Å². The summed E-state index contributed by atoms with van der Waals surface area (Å²) >= 11 is 0. The molecule has 1 rings (SSSR count). The molecule has 0 heterocycles. The van der Waals surface area contributed by atoms with E-state index in [1.165, 1.54) is 18.6 Å². The smallest absolute Gasteiger partial charge is 0.128 e. The highest BCUT2D eigenvalue weighted by Crippen LogP contribution is 2.34. The number of hydrogen-bond donors (Lipinski definition) is 0. The summed E-state index contributed by atoms with van der Waals surface area (Å²) in [6.07, 6.45) is 4.73. The molecule has 0 spiro atoms. The molecular weight excluding hydrogens is 194 g/mol. The van der Waals surface area contributed by atoms with Gasteiger partial charge in [-0.15, -0.1) is 0 Å². The van der Waals surface area contributed by atoms with Crippen LogP contribution in [0.2, 0.25) is 0 Å². The maximum absolute atomic E-state index is 13.4. The average molecular weight is 212 g/mol. The van der Waals surface area contributed by atoms with Gasteiger partial charge in [0.25, 0.3) is 0 Å². The molecule has 0 saturated carbocycles. The predicted molar refractivity (Wildman–Crippen MR) is 59.8 cm³/mol. The highest BCUT2D eigenvalue weighted by molar-refractivity contribution is 5.36. The van der Waals surface area contributed by atoms with Crippen molar-refractivity contribution in [2.75, 3.05) is 0 Å². The summed E-state index contributed by atoms with van der Waals surface area (Å²) in [4.78, 5) is 0. The standard InChI is InChI=1S/C13H18F2/c1-4-11-5-9(2)6-12(11)7-13(15)10(3)8-14/h7-9H,4-6H2,1-3H3/b10-8+,13-7+. The SMILES string of the molecule is CCC1=C(/C=C(F)\C(C)=C\F)CC(C)C1. The van der Waals surface area contributed by atoms with Gasteiger partial charge in [0, 0.05) is 5.57 Å². The van der Waals surface area contributed by atoms with E-state index in [0.29, 0.717) is 12.2 Å². The number of halogens is 2. The lowest BCUT2D eigenvalue weighted by Gasteiger charge is -2.00. The van der Waals surface area contributed by atoms with Crippen LogP contribution in [-0.4, -0.2) is 0 Å². The second-order valence-corrected chi connectivity index (χ2v) is 4.28. The molecule has 15 heavy (non-hydrogen) atoms.